The summed E-state index contributed by atoms with van der Waals surface area (Å²) in [6.07, 6.45) is 0. The van der Waals surface area contributed by atoms with E-state index in [0.29, 0.717) is 5.56 Å². The van der Waals surface area contributed by atoms with Crippen molar-refractivity contribution < 1.29 is 9.13 Å². The molecule has 2 rings (SSSR count). The van der Waals surface area contributed by atoms with Crippen LogP contribution in [0.3, 0.4) is 0 Å². The third-order valence-corrected chi connectivity index (χ3v) is 3.68. The van der Waals surface area contributed by atoms with Crippen LogP contribution in [0.2, 0.25) is 0 Å². The zero-order valence-electron chi connectivity index (χ0n) is 11.3. The van der Waals surface area contributed by atoms with Crippen molar-refractivity contribution in [2.24, 2.45) is 5.84 Å². The highest BCUT2D eigenvalue weighted by Crippen LogP contribution is 2.32. The number of nitrogens with one attached hydrogen (secondary N) is 1. The molecule has 3 N–H and O–H groups in total. The van der Waals surface area contributed by atoms with E-state index in [1.807, 2.05) is 18.2 Å². The van der Waals surface area contributed by atoms with Crippen LogP contribution < -0.4 is 16.0 Å². The number of halogens is 2. The zero-order valence-corrected chi connectivity index (χ0v) is 12.9. The van der Waals surface area contributed by atoms with Gasteiger partial charge in [0.2, 0.25) is 0 Å². The molecule has 1 atom stereocenters. The maximum absolute atomic E-state index is 13.4. The molecule has 5 heteroatoms. The van der Waals surface area contributed by atoms with E-state index in [1.54, 1.807) is 26.2 Å². The smallest absolute Gasteiger partial charge is 0.126 e. The van der Waals surface area contributed by atoms with Crippen molar-refractivity contribution in [2.75, 3.05) is 7.11 Å². The van der Waals surface area contributed by atoms with Gasteiger partial charge in [-0.3, -0.25) is 5.84 Å². The Labute approximate surface area is 126 Å². The first-order valence-electron chi connectivity index (χ1n) is 6.12. The summed E-state index contributed by atoms with van der Waals surface area (Å²) in [6.45, 7) is 1.73. The van der Waals surface area contributed by atoms with Crippen molar-refractivity contribution in [3.8, 4) is 5.75 Å². The molecule has 0 saturated heterocycles. The fraction of sp³-hybridized carbons (Fsp3) is 0.200. The van der Waals surface area contributed by atoms with E-state index in [0.717, 1.165) is 21.3 Å². The predicted molar refractivity (Wildman–Crippen MR) is 81.0 cm³/mol. The van der Waals surface area contributed by atoms with Gasteiger partial charge in [-0.2, -0.15) is 0 Å². The molecule has 2 aromatic carbocycles. The number of ether oxygens (including phenoxy) is 1. The Morgan fingerprint density at radius 3 is 2.60 bits per heavy atom. The summed E-state index contributed by atoms with van der Waals surface area (Å²) < 4.78 is 19.7. The van der Waals surface area contributed by atoms with Crippen LogP contribution >= 0.6 is 15.9 Å². The summed E-state index contributed by atoms with van der Waals surface area (Å²) in [7, 11) is 1.61. The van der Waals surface area contributed by atoms with Gasteiger partial charge in [0.1, 0.15) is 11.6 Å². The van der Waals surface area contributed by atoms with Crippen molar-refractivity contribution in [1.29, 1.82) is 0 Å². The van der Waals surface area contributed by atoms with Crippen molar-refractivity contribution >= 4 is 15.9 Å². The molecular formula is C15H16BrFN2O. The van der Waals surface area contributed by atoms with Gasteiger partial charge in [0.05, 0.1) is 13.2 Å². The molecule has 0 radical (unpaired) electrons. The quantitative estimate of drug-likeness (QED) is 0.663. The monoisotopic (exact) mass is 338 g/mol. The first-order valence-corrected chi connectivity index (χ1v) is 6.91. The molecule has 0 saturated carbocycles. The minimum absolute atomic E-state index is 0.231. The minimum Gasteiger partial charge on any atom is -0.496 e. The molecule has 0 spiro atoms. The number of aryl methyl sites for hydroxylation is 1. The first kappa shape index (κ1) is 15.0. The van der Waals surface area contributed by atoms with Gasteiger partial charge in [0.25, 0.3) is 0 Å². The summed E-state index contributed by atoms with van der Waals surface area (Å²) in [6, 6.07) is 10.3. The van der Waals surface area contributed by atoms with Crippen molar-refractivity contribution in [3.63, 3.8) is 0 Å². The Hall–Kier alpha value is -1.43. The lowest BCUT2D eigenvalue weighted by atomic mass is 9.97. The number of methoxy groups -OCH3 is 1. The molecule has 0 aliphatic rings. The number of hydrogen-bond donors (Lipinski definition) is 2. The Bertz CT molecular complexity index is 619. The summed E-state index contributed by atoms with van der Waals surface area (Å²) in [4.78, 5) is 0. The van der Waals surface area contributed by atoms with E-state index in [4.69, 9.17) is 10.6 Å². The highest BCUT2D eigenvalue weighted by Gasteiger charge is 2.18. The zero-order chi connectivity index (χ0) is 14.7. The van der Waals surface area contributed by atoms with Gasteiger partial charge in [0, 0.05) is 10.0 Å². The van der Waals surface area contributed by atoms with Crippen molar-refractivity contribution in [3.05, 3.63) is 63.4 Å². The minimum atomic E-state index is -0.276. The largest absolute Gasteiger partial charge is 0.496 e. The number of hydrazine groups is 1. The number of benzene rings is 2. The number of hydrogen-bond acceptors (Lipinski definition) is 3. The standard InChI is InChI=1S/C15H16BrFN2O/c1-9-7-10(3-5-13(9)17)15(19-18)12-8-11(16)4-6-14(12)20-2/h3-8,15,19H,18H2,1-2H3. The Morgan fingerprint density at radius 1 is 1.25 bits per heavy atom. The second-order valence-corrected chi connectivity index (χ2v) is 5.41. The molecular weight excluding hydrogens is 323 g/mol. The van der Waals surface area contributed by atoms with Crippen LogP contribution in [-0.2, 0) is 0 Å². The molecule has 3 nitrogen and oxygen atoms in total. The fourth-order valence-corrected chi connectivity index (χ4v) is 2.52. The van der Waals surface area contributed by atoms with E-state index in [2.05, 4.69) is 21.4 Å². The van der Waals surface area contributed by atoms with E-state index in [1.165, 1.54) is 6.07 Å². The van der Waals surface area contributed by atoms with Gasteiger partial charge in [0.15, 0.2) is 0 Å². The molecule has 0 fully saturated rings. The third kappa shape index (κ3) is 3.00. The van der Waals surface area contributed by atoms with Gasteiger partial charge in [-0.1, -0.05) is 28.1 Å². The van der Waals surface area contributed by atoms with E-state index < -0.39 is 0 Å². The second-order valence-electron chi connectivity index (χ2n) is 4.49. The van der Waals surface area contributed by atoms with Gasteiger partial charge in [-0.05, 0) is 42.3 Å². The summed E-state index contributed by atoms with van der Waals surface area (Å²) in [5, 5.41) is 0. The molecule has 0 amide bonds. The molecule has 0 aliphatic carbocycles. The first-order chi connectivity index (χ1) is 9.56. The summed E-state index contributed by atoms with van der Waals surface area (Å²) in [5.41, 5.74) is 5.10. The maximum Gasteiger partial charge on any atom is 0.126 e. The highest BCUT2D eigenvalue weighted by molar-refractivity contribution is 9.10. The second kappa shape index (κ2) is 6.35. The molecule has 106 valence electrons. The van der Waals surface area contributed by atoms with Crippen LogP contribution in [-0.4, -0.2) is 7.11 Å². The van der Waals surface area contributed by atoms with Crippen LogP contribution in [0.1, 0.15) is 22.7 Å². The number of rotatable bonds is 4. The molecule has 2 aromatic rings. The molecule has 1 unspecified atom stereocenters. The van der Waals surface area contributed by atoms with E-state index in [9.17, 15) is 4.39 Å². The van der Waals surface area contributed by atoms with Crippen LogP contribution in [0.5, 0.6) is 5.75 Å². The van der Waals surface area contributed by atoms with Gasteiger partial charge >= 0.3 is 0 Å². The highest BCUT2D eigenvalue weighted by atomic mass is 79.9. The Morgan fingerprint density at radius 2 is 2.00 bits per heavy atom. The van der Waals surface area contributed by atoms with Crippen LogP contribution in [0.25, 0.3) is 0 Å². The Balaban J connectivity index is 2.51. The van der Waals surface area contributed by atoms with Crippen LogP contribution in [0.4, 0.5) is 4.39 Å². The lowest BCUT2D eigenvalue weighted by molar-refractivity contribution is 0.404. The SMILES string of the molecule is COc1ccc(Br)cc1C(NN)c1ccc(F)c(C)c1. The lowest BCUT2D eigenvalue weighted by Crippen LogP contribution is -2.29. The van der Waals surface area contributed by atoms with Crippen molar-refractivity contribution in [2.45, 2.75) is 13.0 Å². The lowest BCUT2D eigenvalue weighted by Gasteiger charge is -2.20. The van der Waals surface area contributed by atoms with Crippen LogP contribution in [0.15, 0.2) is 40.9 Å². The molecule has 0 aliphatic heterocycles. The van der Waals surface area contributed by atoms with Gasteiger partial charge in [-0.15, -0.1) is 0 Å². The summed E-state index contributed by atoms with van der Waals surface area (Å²) in [5.74, 6) is 6.17. The van der Waals surface area contributed by atoms with Crippen LogP contribution in [0, 0.1) is 12.7 Å². The normalized spacial score (nSPS) is 12.2. The van der Waals surface area contributed by atoms with Crippen molar-refractivity contribution in [1.82, 2.24) is 5.43 Å². The topological polar surface area (TPSA) is 47.3 Å². The predicted octanol–water partition coefficient (Wildman–Crippen LogP) is 3.46. The molecule has 20 heavy (non-hydrogen) atoms. The summed E-state index contributed by atoms with van der Waals surface area (Å²) >= 11 is 3.44. The molecule has 0 heterocycles. The third-order valence-electron chi connectivity index (χ3n) is 3.18. The molecule has 0 bridgehead atoms. The molecule has 0 aromatic heterocycles. The van der Waals surface area contributed by atoms with Gasteiger partial charge < -0.3 is 4.74 Å². The van der Waals surface area contributed by atoms with E-state index >= 15 is 0 Å². The Kier molecular flexibility index (Phi) is 4.75. The maximum atomic E-state index is 13.4. The van der Waals surface area contributed by atoms with E-state index in [-0.39, 0.29) is 11.9 Å². The van der Waals surface area contributed by atoms with Gasteiger partial charge in [-0.25, -0.2) is 9.82 Å². The number of nitrogens with two attached hydrogens (primary N) is 1. The fourth-order valence-electron chi connectivity index (χ4n) is 2.14. The average molecular weight is 339 g/mol. The average Bonchev–Trinajstić information content (AvgIpc) is 2.44.